The maximum Gasteiger partial charge on any atom is 0.289 e. The van der Waals surface area contributed by atoms with Crippen molar-refractivity contribution in [2.24, 2.45) is 0 Å². The summed E-state index contributed by atoms with van der Waals surface area (Å²) in [6.45, 7) is 3.90. The van der Waals surface area contributed by atoms with E-state index in [1.54, 1.807) is 12.1 Å². The fraction of sp³-hybridized carbons (Fsp3) is 0.200. The third-order valence-electron chi connectivity index (χ3n) is 3.46. The number of aromatic nitrogens is 1. The number of nitrogens with one attached hydrogen (secondary N) is 1. The van der Waals surface area contributed by atoms with Crippen molar-refractivity contribution in [1.29, 1.82) is 5.26 Å². The Morgan fingerprint density at radius 1 is 1.38 bits per heavy atom. The summed E-state index contributed by atoms with van der Waals surface area (Å²) in [6, 6.07) is 8.23. The first-order chi connectivity index (χ1) is 9.99. The summed E-state index contributed by atoms with van der Waals surface area (Å²) < 4.78 is 0. The van der Waals surface area contributed by atoms with Gasteiger partial charge in [-0.25, -0.2) is 4.98 Å². The van der Waals surface area contributed by atoms with Crippen LogP contribution in [0, 0.1) is 28.4 Å². The first-order valence-electron chi connectivity index (χ1n) is 6.48. The predicted molar refractivity (Wildman–Crippen MR) is 78.3 cm³/mol. The molecule has 0 aliphatic rings. The lowest BCUT2D eigenvalue weighted by atomic mass is 9.94. The molecule has 21 heavy (non-hydrogen) atoms. The van der Waals surface area contributed by atoms with Gasteiger partial charge in [-0.2, -0.15) is 5.26 Å². The number of hydrogen-bond acceptors (Lipinski definition) is 4. The summed E-state index contributed by atoms with van der Waals surface area (Å²) in [4.78, 5) is 13.3. The van der Waals surface area contributed by atoms with E-state index in [1.165, 1.54) is 12.1 Å². The zero-order chi connectivity index (χ0) is 15.6. The second-order valence-corrected chi connectivity index (χ2v) is 4.66. The molecule has 1 aromatic carbocycles. The molecule has 1 heterocycles. The molecule has 0 atom stereocenters. The summed E-state index contributed by atoms with van der Waals surface area (Å²) in [6.07, 6.45) is 0.752. The van der Waals surface area contributed by atoms with Crippen molar-refractivity contribution in [3.63, 3.8) is 0 Å². The molecule has 0 aliphatic carbocycles. The fourth-order valence-electron chi connectivity index (χ4n) is 2.37. The number of nitro benzene ring substituents is 1. The van der Waals surface area contributed by atoms with Crippen molar-refractivity contribution < 1.29 is 9.91 Å². The van der Waals surface area contributed by atoms with E-state index in [-0.39, 0.29) is 5.69 Å². The van der Waals surface area contributed by atoms with Crippen LogP contribution in [0.4, 0.5) is 11.5 Å². The number of H-pyrrole nitrogens is 1. The second-order valence-electron chi connectivity index (χ2n) is 4.66. The molecule has 0 radical (unpaired) electrons. The van der Waals surface area contributed by atoms with Gasteiger partial charge in [0, 0.05) is 29.7 Å². The molecule has 1 aromatic heterocycles. The molecule has 0 fully saturated rings. The predicted octanol–water partition coefficient (Wildman–Crippen LogP) is 2.40. The standard InChI is InChI=1S/C15H14N4O2/c1-3-13-9(2)14(12(8-16)15(17)18-13)10-4-6-11(7-5-10)19(20)21/h4-7H,3H2,1-2H3,(H2,17,18)/p+1. The zero-order valence-corrected chi connectivity index (χ0v) is 11.8. The van der Waals surface area contributed by atoms with Gasteiger partial charge in [-0.15, -0.1) is 0 Å². The lowest BCUT2D eigenvalue weighted by Gasteiger charge is -2.11. The van der Waals surface area contributed by atoms with Crippen molar-refractivity contribution in [2.45, 2.75) is 20.3 Å². The number of rotatable bonds is 3. The highest BCUT2D eigenvalue weighted by atomic mass is 16.6. The number of pyridine rings is 1. The Kier molecular flexibility index (Phi) is 3.85. The number of benzene rings is 1. The maximum absolute atomic E-state index is 10.7. The molecule has 0 aliphatic heterocycles. The van der Waals surface area contributed by atoms with Gasteiger partial charge in [0.15, 0.2) is 0 Å². The van der Waals surface area contributed by atoms with Gasteiger partial charge >= 0.3 is 0 Å². The van der Waals surface area contributed by atoms with Crippen LogP contribution in [0.1, 0.15) is 23.7 Å². The van der Waals surface area contributed by atoms with Crippen LogP contribution in [-0.2, 0) is 6.42 Å². The van der Waals surface area contributed by atoms with Gasteiger partial charge < -0.3 is 0 Å². The molecule has 0 saturated carbocycles. The van der Waals surface area contributed by atoms with Crippen LogP contribution in [0.15, 0.2) is 24.3 Å². The zero-order valence-electron chi connectivity index (χ0n) is 11.8. The van der Waals surface area contributed by atoms with E-state index in [1.807, 2.05) is 13.8 Å². The molecule has 0 unspecified atom stereocenters. The molecular formula is C15H15N4O2+. The number of nitrogens with two attached hydrogens (primary N) is 1. The van der Waals surface area contributed by atoms with Crippen molar-refractivity contribution >= 4 is 11.5 Å². The molecule has 6 nitrogen and oxygen atoms in total. The molecular weight excluding hydrogens is 268 g/mol. The molecule has 0 spiro atoms. The first-order valence-corrected chi connectivity index (χ1v) is 6.48. The Labute approximate surface area is 122 Å². The smallest absolute Gasteiger partial charge is 0.286 e. The van der Waals surface area contributed by atoms with Crippen molar-refractivity contribution in [1.82, 2.24) is 0 Å². The molecule has 6 heteroatoms. The minimum atomic E-state index is -0.452. The molecule has 106 valence electrons. The molecule has 0 amide bonds. The highest BCUT2D eigenvalue weighted by molar-refractivity contribution is 5.77. The van der Waals surface area contributed by atoms with Gasteiger partial charge in [0.05, 0.1) is 4.92 Å². The number of non-ortho nitro benzene ring substituents is 1. The van der Waals surface area contributed by atoms with Gasteiger partial charge in [-0.1, -0.05) is 6.92 Å². The summed E-state index contributed by atoms with van der Waals surface area (Å²) in [5, 5.41) is 20.1. The average molecular weight is 283 g/mol. The normalized spacial score (nSPS) is 10.1. The summed E-state index contributed by atoms with van der Waals surface area (Å²) >= 11 is 0. The number of hydrogen-bond donors (Lipinski definition) is 1. The Bertz CT molecular complexity index is 745. The number of nitro groups is 1. The largest absolute Gasteiger partial charge is 0.289 e. The van der Waals surface area contributed by atoms with E-state index in [2.05, 4.69) is 11.1 Å². The van der Waals surface area contributed by atoms with E-state index in [0.29, 0.717) is 11.4 Å². The SMILES string of the molecule is CCc1[nH+]c(N)c(C#N)c(-c2ccc([N+](=O)[O-])cc2)c1C. The molecule has 0 bridgehead atoms. The third kappa shape index (κ3) is 2.54. The quantitative estimate of drug-likeness (QED) is 0.689. The average Bonchev–Trinajstić information content (AvgIpc) is 2.48. The van der Waals surface area contributed by atoms with Crippen LogP contribution in [0.25, 0.3) is 11.1 Å². The topological polar surface area (TPSA) is 107 Å². The number of nitrogens with zero attached hydrogens (tertiary/aromatic N) is 2. The van der Waals surface area contributed by atoms with Gasteiger partial charge in [0.25, 0.3) is 11.5 Å². The van der Waals surface area contributed by atoms with E-state index < -0.39 is 4.92 Å². The Hall–Kier alpha value is -2.94. The highest BCUT2D eigenvalue weighted by Gasteiger charge is 2.20. The van der Waals surface area contributed by atoms with Gasteiger partial charge in [-0.05, 0) is 24.6 Å². The first kappa shape index (κ1) is 14.5. The highest BCUT2D eigenvalue weighted by Crippen LogP contribution is 2.31. The Morgan fingerprint density at radius 3 is 2.48 bits per heavy atom. The third-order valence-corrected chi connectivity index (χ3v) is 3.46. The number of nitrogen functional groups attached to an aromatic ring is 1. The van der Waals surface area contributed by atoms with Gasteiger partial charge in [0.2, 0.25) is 0 Å². The van der Waals surface area contributed by atoms with Crippen molar-refractivity contribution in [3.05, 3.63) is 51.2 Å². The van der Waals surface area contributed by atoms with Crippen LogP contribution in [0.5, 0.6) is 0 Å². The summed E-state index contributed by atoms with van der Waals surface area (Å²) in [5.41, 5.74) is 9.62. The molecule has 0 saturated heterocycles. The number of aromatic amines is 1. The van der Waals surface area contributed by atoms with Crippen LogP contribution >= 0.6 is 0 Å². The van der Waals surface area contributed by atoms with E-state index >= 15 is 0 Å². The van der Waals surface area contributed by atoms with Crippen LogP contribution in [-0.4, -0.2) is 4.92 Å². The number of nitriles is 1. The molecule has 3 N–H and O–H groups in total. The monoisotopic (exact) mass is 283 g/mol. The van der Waals surface area contributed by atoms with Crippen LogP contribution in [0.3, 0.4) is 0 Å². The van der Waals surface area contributed by atoms with Crippen LogP contribution < -0.4 is 10.7 Å². The summed E-state index contributed by atoms with van der Waals surface area (Å²) in [7, 11) is 0. The van der Waals surface area contributed by atoms with Crippen molar-refractivity contribution in [2.75, 3.05) is 5.73 Å². The number of anilines is 1. The minimum absolute atomic E-state index is 0.0149. The van der Waals surface area contributed by atoms with E-state index in [0.717, 1.165) is 28.8 Å². The lowest BCUT2D eigenvalue weighted by Crippen LogP contribution is -2.20. The fourth-order valence-corrected chi connectivity index (χ4v) is 2.37. The van der Waals surface area contributed by atoms with Crippen LogP contribution in [0.2, 0.25) is 0 Å². The maximum atomic E-state index is 10.7. The van der Waals surface area contributed by atoms with Gasteiger partial charge in [-0.3, -0.25) is 15.8 Å². The van der Waals surface area contributed by atoms with E-state index in [4.69, 9.17) is 5.73 Å². The Balaban J connectivity index is 2.70. The van der Waals surface area contributed by atoms with Gasteiger partial charge in [0.1, 0.15) is 17.3 Å². The van der Waals surface area contributed by atoms with Crippen molar-refractivity contribution in [3.8, 4) is 17.2 Å². The number of aryl methyl sites for hydroxylation is 1. The van der Waals surface area contributed by atoms with E-state index in [9.17, 15) is 15.4 Å². The lowest BCUT2D eigenvalue weighted by molar-refractivity contribution is -0.384. The Morgan fingerprint density at radius 2 is 2.00 bits per heavy atom. The minimum Gasteiger partial charge on any atom is -0.286 e. The second kappa shape index (κ2) is 5.59. The molecule has 2 aromatic rings. The summed E-state index contributed by atoms with van der Waals surface area (Å²) in [5.74, 6) is 0.313. The molecule has 2 rings (SSSR count).